The van der Waals surface area contributed by atoms with Crippen molar-refractivity contribution in [3.63, 3.8) is 0 Å². The van der Waals surface area contributed by atoms with Gasteiger partial charge in [-0.05, 0) is 56.2 Å². The van der Waals surface area contributed by atoms with Crippen LogP contribution in [0.2, 0.25) is 0 Å². The molecular formula is C21H28N2O3S. The topological polar surface area (TPSA) is 57.7 Å². The Balaban J connectivity index is 2.28. The Bertz CT molecular complexity index is 827. The summed E-state index contributed by atoms with van der Waals surface area (Å²) >= 11 is 0. The lowest BCUT2D eigenvalue weighted by atomic mass is 10.2. The van der Waals surface area contributed by atoms with Gasteiger partial charge in [-0.2, -0.15) is 0 Å². The Morgan fingerprint density at radius 3 is 1.89 bits per heavy atom. The molecule has 0 atom stereocenters. The third kappa shape index (κ3) is 4.89. The number of sulfonamides is 1. The van der Waals surface area contributed by atoms with Gasteiger partial charge >= 0.3 is 0 Å². The second kappa shape index (κ2) is 9.55. The Hall–Kier alpha value is -2.34. The Morgan fingerprint density at radius 2 is 1.41 bits per heavy atom. The molecule has 0 spiro atoms. The van der Waals surface area contributed by atoms with Crippen LogP contribution < -0.4 is 4.31 Å². The van der Waals surface area contributed by atoms with E-state index in [1.807, 2.05) is 36.9 Å². The smallest absolute Gasteiger partial charge is 0.264 e. The van der Waals surface area contributed by atoms with Crippen LogP contribution in [0.5, 0.6) is 0 Å². The van der Waals surface area contributed by atoms with Gasteiger partial charge in [-0.3, -0.25) is 9.10 Å². The minimum Gasteiger partial charge on any atom is -0.339 e. The van der Waals surface area contributed by atoms with Crippen LogP contribution in [-0.2, 0) is 10.0 Å². The van der Waals surface area contributed by atoms with E-state index in [1.165, 1.54) is 16.4 Å². The van der Waals surface area contributed by atoms with Gasteiger partial charge in [0.1, 0.15) is 0 Å². The Labute approximate surface area is 162 Å². The second-order valence-corrected chi connectivity index (χ2v) is 8.18. The summed E-state index contributed by atoms with van der Waals surface area (Å²) in [6.07, 6.45) is 1.78. The minimum atomic E-state index is -3.68. The van der Waals surface area contributed by atoms with Crippen molar-refractivity contribution >= 4 is 21.6 Å². The van der Waals surface area contributed by atoms with Crippen molar-refractivity contribution in [3.8, 4) is 0 Å². The van der Waals surface area contributed by atoms with Gasteiger partial charge in [-0.25, -0.2) is 8.42 Å². The largest absolute Gasteiger partial charge is 0.339 e. The molecule has 0 bridgehead atoms. The molecule has 0 aliphatic rings. The maximum Gasteiger partial charge on any atom is 0.264 e. The van der Waals surface area contributed by atoms with Crippen LogP contribution in [0, 0.1) is 0 Å². The van der Waals surface area contributed by atoms with Crippen LogP contribution in [0.1, 0.15) is 44.0 Å². The summed E-state index contributed by atoms with van der Waals surface area (Å²) in [5.41, 5.74) is 1.14. The van der Waals surface area contributed by atoms with Crippen LogP contribution in [0.15, 0.2) is 59.5 Å². The summed E-state index contributed by atoms with van der Waals surface area (Å²) in [6, 6.07) is 15.3. The van der Waals surface area contributed by atoms with E-state index in [4.69, 9.17) is 0 Å². The fraction of sp³-hybridized carbons (Fsp3) is 0.381. The van der Waals surface area contributed by atoms with Gasteiger partial charge in [0.05, 0.1) is 10.6 Å². The molecule has 2 aromatic rings. The summed E-state index contributed by atoms with van der Waals surface area (Å²) in [5.74, 6) is -0.0574. The van der Waals surface area contributed by atoms with Crippen LogP contribution in [0.4, 0.5) is 5.69 Å². The molecule has 0 aromatic heterocycles. The quantitative estimate of drug-likeness (QED) is 0.648. The van der Waals surface area contributed by atoms with Crippen molar-refractivity contribution < 1.29 is 13.2 Å². The molecule has 27 heavy (non-hydrogen) atoms. The zero-order valence-electron chi connectivity index (χ0n) is 16.3. The maximum absolute atomic E-state index is 13.0. The molecule has 6 heteroatoms. The van der Waals surface area contributed by atoms with Gasteiger partial charge < -0.3 is 4.90 Å². The Morgan fingerprint density at radius 1 is 0.852 bits per heavy atom. The average Bonchev–Trinajstić information content (AvgIpc) is 2.68. The summed E-state index contributed by atoms with van der Waals surface area (Å²) in [6.45, 7) is 7.60. The minimum absolute atomic E-state index is 0.0574. The predicted octanol–water partition coefficient (Wildman–Crippen LogP) is 4.16. The molecule has 2 aromatic carbocycles. The van der Waals surface area contributed by atoms with Crippen LogP contribution >= 0.6 is 0 Å². The lowest BCUT2D eigenvalue weighted by molar-refractivity contribution is 0.0755. The molecule has 5 nitrogen and oxygen atoms in total. The third-order valence-corrected chi connectivity index (χ3v) is 6.21. The van der Waals surface area contributed by atoms with Gasteiger partial charge in [0.25, 0.3) is 15.9 Å². The summed E-state index contributed by atoms with van der Waals surface area (Å²) in [5, 5.41) is 0. The number of carbonyl (C=O) groups is 1. The van der Waals surface area contributed by atoms with E-state index in [0.717, 1.165) is 12.8 Å². The van der Waals surface area contributed by atoms with Gasteiger partial charge in [0.2, 0.25) is 0 Å². The first-order valence-electron chi connectivity index (χ1n) is 9.42. The first kappa shape index (κ1) is 21.0. The van der Waals surface area contributed by atoms with Crippen LogP contribution in [0.25, 0.3) is 0 Å². The SMILES string of the molecule is CCCN(CCC)C(=O)c1ccc(S(=O)(=O)N(CC)c2ccccc2)cc1. The number of para-hydroxylation sites is 1. The number of hydrogen-bond acceptors (Lipinski definition) is 3. The summed E-state index contributed by atoms with van der Waals surface area (Å²) in [7, 11) is -3.68. The highest BCUT2D eigenvalue weighted by atomic mass is 32.2. The van der Waals surface area contributed by atoms with Crippen molar-refractivity contribution in [1.82, 2.24) is 4.90 Å². The van der Waals surface area contributed by atoms with Crippen molar-refractivity contribution in [3.05, 3.63) is 60.2 Å². The molecule has 0 aliphatic heterocycles. The Kier molecular flexibility index (Phi) is 7.42. The van der Waals surface area contributed by atoms with Gasteiger partial charge in [0.15, 0.2) is 0 Å². The lowest BCUT2D eigenvalue weighted by Gasteiger charge is -2.23. The molecule has 0 aliphatic carbocycles. The maximum atomic E-state index is 13.0. The molecule has 0 radical (unpaired) electrons. The molecule has 0 unspecified atom stereocenters. The molecule has 1 amide bonds. The normalized spacial score (nSPS) is 11.2. The van der Waals surface area contributed by atoms with Crippen molar-refractivity contribution in [1.29, 1.82) is 0 Å². The first-order chi connectivity index (χ1) is 13.0. The fourth-order valence-electron chi connectivity index (χ4n) is 3.02. The van der Waals surface area contributed by atoms with Crippen LogP contribution in [0.3, 0.4) is 0 Å². The monoisotopic (exact) mass is 388 g/mol. The number of rotatable bonds is 9. The van der Waals surface area contributed by atoms with E-state index in [9.17, 15) is 13.2 Å². The zero-order valence-corrected chi connectivity index (χ0v) is 17.1. The predicted molar refractivity (Wildman–Crippen MR) is 110 cm³/mol. The molecular weight excluding hydrogens is 360 g/mol. The molecule has 2 rings (SSSR count). The van der Waals surface area contributed by atoms with Crippen molar-refractivity contribution in [2.75, 3.05) is 23.9 Å². The molecule has 0 saturated heterocycles. The van der Waals surface area contributed by atoms with Crippen molar-refractivity contribution in [2.45, 2.75) is 38.5 Å². The van der Waals surface area contributed by atoms with Gasteiger partial charge in [0, 0.05) is 25.2 Å². The van der Waals surface area contributed by atoms with E-state index < -0.39 is 10.0 Å². The molecule has 0 N–H and O–H groups in total. The van der Waals surface area contributed by atoms with E-state index >= 15 is 0 Å². The lowest BCUT2D eigenvalue weighted by Crippen LogP contribution is -2.33. The van der Waals surface area contributed by atoms with Gasteiger partial charge in [-0.1, -0.05) is 32.0 Å². The molecule has 146 valence electrons. The van der Waals surface area contributed by atoms with E-state index in [-0.39, 0.29) is 10.8 Å². The van der Waals surface area contributed by atoms with Crippen molar-refractivity contribution in [2.24, 2.45) is 0 Å². The standard InChI is InChI=1S/C21H28N2O3S/c1-4-16-22(17-5-2)21(24)18-12-14-20(15-13-18)27(25,26)23(6-3)19-10-8-7-9-11-19/h7-15H,4-6,16-17H2,1-3H3. The van der Waals surface area contributed by atoms with E-state index in [2.05, 4.69) is 0 Å². The molecule has 0 fully saturated rings. The van der Waals surface area contributed by atoms with E-state index in [0.29, 0.717) is 30.9 Å². The number of amides is 1. The first-order valence-corrected chi connectivity index (χ1v) is 10.9. The average molecular weight is 389 g/mol. The molecule has 0 heterocycles. The third-order valence-electron chi connectivity index (χ3n) is 4.29. The number of hydrogen-bond donors (Lipinski definition) is 0. The highest BCUT2D eigenvalue weighted by Crippen LogP contribution is 2.23. The number of nitrogens with zero attached hydrogens (tertiary/aromatic N) is 2. The highest BCUT2D eigenvalue weighted by molar-refractivity contribution is 7.92. The number of benzene rings is 2. The number of anilines is 1. The summed E-state index contributed by atoms with van der Waals surface area (Å²) < 4.78 is 27.4. The fourth-order valence-corrected chi connectivity index (χ4v) is 4.49. The van der Waals surface area contributed by atoms with Gasteiger partial charge in [-0.15, -0.1) is 0 Å². The summed E-state index contributed by atoms with van der Waals surface area (Å²) in [4.78, 5) is 14.7. The highest BCUT2D eigenvalue weighted by Gasteiger charge is 2.24. The molecule has 0 saturated carbocycles. The zero-order chi connectivity index (χ0) is 19.9. The second-order valence-electron chi connectivity index (χ2n) is 6.32. The van der Waals surface area contributed by atoms with E-state index in [1.54, 1.807) is 31.2 Å². The van der Waals surface area contributed by atoms with Crippen LogP contribution in [-0.4, -0.2) is 38.9 Å². The number of carbonyl (C=O) groups excluding carboxylic acids is 1.